The summed E-state index contributed by atoms with van der Waals surface area (Å²) in [4.78, 5) is 27.5. The van der Waals surface area contributed by atoms with E-state index in [1.807, 2.05) is 7.05 Å². The highest BCUT2D eigenvalue weighted by molar-refractivity contribution is 6.41. The lowest BCUT2D eigenvalue weighted by Gasteiger charge is -2.31. The molecule has 5 nitrogen and oxygen atoms in total. The summed E-state index contributed by atoms with van der Waals surface area (Å²) in [6.07, 6.45) is 0. The molecule has 0 bridgehead atoms. The van der Waals surface area contributed by atoms with Crippen molar-refractivity contribution in [2.24, 2.45) is 0 Å². The summed E-state index contributed by atoms with van der Waals surface area (Å²) in [6.45, 7) is 2.72. The Kier molecular flexibility index (Phi) is 4.39. The smallest absolute Gasteiger partial charge is 0.313 e. The Morgan fingerprint density at radius 3 is 2.42 bits per heavy atom. The Morgan fingerprint density at radius 2 is 1.79 bits per heavy atom. The Labute approximate surface area is 117 Å². The topological polar surface area (TPSA) is 52.7 Å². The number of carbonyl (C=O) groups is 2. The fraction of sp³-hybridized carbons (Fsp3) is 0.385. The van der Waals surface area contributed by atoms with E-state index in [9.17, 15) is 9.59 Å². The van der Waals surface area contributed by atoms with Gasteiger partial charge in [-0.3, -0.25) is 9.59 Å². The number of hydrogen-bond acceptors (Lipinski definition) is 3. The van der Waals surface area contributed by atoms with Crippen LogP contribution in [0.15, 0.2) is 24.3 Å². The monoisotopic (exact) mass is 281 g/mol. The molecule has 1 aliphatic rings. The second kappa shape index (κ2) is 6.04. The van der Waals surface area contributed by atoms with Crippen LogP contribution in [-0.2, 0) is 9.59 Å². The van der Waals surface area contributed by atoms with E-state index in [0.717, 1.165) is 13.1 Å². The van der Waals surface area contributed by atoms with Gasteiger partial charge in [0, 0.05) is 26.2 Å². The minimum absolute atomic E-state index is 0.419. The summed E-state index contributed by atoms with van der Waals surface area (Å²) in [5, 5.41) is 2.96. The molecule has 2 amide bonds. The molecule has 0 aliphatic carbocycles. The number of carbonyl (C=O) groups excluding carboxylic acids is 2. The molecule has 1 heterocycles. The van der Waals surface area contributed by atoms with Crippen molar-refractivity contribution < 1.29 is 9.59 Å². The summed E-state index contributed by atoms with van der Waals surface area (Å²) < 4.78 is 0. The molecule has 2 rings (SSSR count). The van der Waals surface area contributed by atoms with Gasteiger partial charge in [0.15, 0.2) is 0 Å². The molecule has 1 N–H and O–H groups in total. The molecule has 0 saturated carbocycles. The lowest BCUT2D eigenvalue weighted by atomic mass is 10.3. The average molecular weight is 282 g/mol. The largest absolute Gasteiger partial charge is 0.332 e. The van der Waals surface area contributed by atoms with Crippen LogP contribution < -0.4 is 5.32 Å². The van der Waals surface area contributed by atoms with Crippen LogP contribution in [0.2, 0.25) is 5.02 Å². The number of nitrogens with zero attached hydrogens (tertiary/aromatic N) is 2. The first-order chi connectivity index (χ1) is 9.08. The first-order valence-corrected chi connectivity index (χ1v) is 6.49. The maximum absolute atomic E-state index is 12.0. The lowest BCUT2D eigenvalue weighted by molar-refractivity contribution is -0.144. The number of halogens is 1. The van der Waals surface area contributed by atoms with E-state index in [2.05, 4.69) is 10.2 Å². The third-order valence-electron chi connectivity index (χ3n) is 3.11. The van der Waals surface area contributed by atoms with Crippen molar-refractivity contribution in [1.29, 1.82) is 0 Å². The molecule has 1 aromatic rings. The standard InChI is InChI=1S/C13H16ClN3O2/c1-16-6-8-17(9-7-16)13(19)12(18)15-11-5-3-2-4-10(11)14/h2-5H,6-9H2,1H3,(H,15,18). The normalized spacial score (nSPS) is 16.2. The minimum atomic E-state index is -0.641. The number of rotatable bonds is 1. The van der Waals surface area contributed by atoms with E-state index in [1.54, 1.807) is 29.2 Å². The maximum atomic E-state index is 12.0. The Bertz CT molecular complexity index is 485. The second-order valence-corrected chi connectivity index (χ2v) is 4.94. The fourth-order valence-electron chi connectivity index (χ4n) is 1.89. The molecular weight excluding hydrogens is 266 g/mol. The molecule has 0 unspecified atom stereocenters. The van der Waals surface area contributed by atoms with Gasteiger partial charge in [-0.05, 0) is 19.2 Å². The van der Waals surface area contributed by atoms with E-state index >= 15 is 0 Å². The zero-order valence-electron chi connectivity index (χ0n) is 10.7. The summed E-state index contributed by atoms with van der Waals surface area (Å²) in [5.41, 5.74) is 0.455. The molecule has 0 radical (unpaired) electrons. The number of piperazine rings is 1. The Morgan fingerprint density at radius 1 is 1.16 bits per heavy atom. The van der Waals surface area contributed by atoms with Crippen LogP contribution in [0.1, 0.15) is 0 Å². The van der Waals surface area contributed by atoms with Gasteiger partial charge in [0.25, 0.3) is 0 Å². The summed E-state index contributed by atoms with van der Waals surface area (Å²) in [5.74, 6) is -1.15. The Balaban J connectivity index is 1.96. The van der Waals surface area contributed by atoms with Gasteiger partial charge in [-0.2, -0.15) is 0 Å². The molecule has 6 heteroatoms. The van der Waals surface area contributed by atoms with Crippen LogP contribution in [-0.4, -0.2) is 54.8 Å². The highest BCUT2D eigenvalue weighted by atomic mass is 35.5. The molecule has 19 heavy (non-hydrogen) atoms. The van der Waals surface area contributed by atoms with Crippen LogP contribution in [0.3, 0.4) is 0 Å². The van der Waals surface area contributed by atoms with Crippen LogP contribution in [0.25, 0.3) is 0 Å². The lowest BCUT2D eigenvalue weighted by Crippen LogP contribution is -2.50. The SMILES string of the molecule is CN1CCN(C(=O)C(=O)Nc2ccccc2Cl)CC1. The highest BCUT2D eigenvalue weighted by Crippen LogP contribution is 2.20. The average Bonchev–Trinajstić information content (AvgIpc) is 2.41. The van der Waals surface area contributed by atoms with Crippen LogP contribution in [0.5, 0.6) is 0 Å². The number of likely N-dealkylation sites (N-methyl/N-ethyl adjacent to an activating group) is 1. The molecule has 1 fully saturated rings. The molecule has 102 valence electrons. The van der Waals surface area contributed by atoms with E-state index in [4.69, 9.17) is 11.6 Å². The number of nitrogens with one attached hydrogen (secondary N) is 1. The molecule has 0 spiro atoms. The van der Waals surface area contributed by atoms with Crippen molar-refractivity contribution >= 4 is 29.1 Å². The second-order valence-electron chi connectivity index (χ2n) is 4.53. The molecular formula is C13H16ClN3O2. The third-order valence-corrected chi connectivity index (χ3v) is 3.44. The number of amides is 2. The van der Waals surface area contributed by atoms with Gasteiger partial charge >= 0.3 is 11.8 Å². The van der Waals surface area contributed by atoms with Gasteiger partial charge in [-0.1, -0.05) is 23.7 Å². The van der Waals surface area contributed by atoms with E-state index in [0.29, 0.717) is 23.8 Å². The first kappa shape index (κ1) is 13.8. The summed E-state index contributed by atoms with van der Waals surface area (Å²) >= 11 is 5.93. The van der Waals surface area contributed by atoms with Gasteiger partial charge < -0.3 is 15.1 Å². The van der Waals surface area contributed by atoms with Crippen molar-refractivity contribution in [3.63, 3.8) is 0 Å². The third kappa shape index (κ3) is 3.45. The summed E-state index contributed by atoms with van der Waals surface area (Å²) in [7, 11) is 1.99. The van der Waals surface area contributed by atoms with Crippen molar-refractivity contribution in [1.82, 2.24) is 9.80 Å². The summed E-state index contributed by atoms with van der Waals surface area (Å²) in [6, 6.07) is 6.84. The highest BCUT2D eigenvalue weighted by Gasteiger charge is 2.25. The maximum Gasteiger partial charge on any atom is 0.313 e. The van der Waals surface area contributed by atoms with Crippen LogP contribution in [0.4, 0.5) is 5.69 Å². The molecule has 0 aromatic heterocycles. The number of hydrogen-bond donors (Lipinski definition) is 1. The molecule has 1 aromatic carbocycles. The van der Waals surface area contributed by atoms with Gasteiger partial charge in [-0.25, -0.2) is 0 Å². The zero-order valence-corrected chi connectivity index (χ0v) is 11.5. The van der Waals surface area contributed by atoms with Crippen molar-refractivity contribution in [3.8, 4) is 0 Å². The van der Waals surface area contributed by atoms with E-state index < -0.39 is 11.8 Å². The van der Waals surface area contributed by atoms with Gasteiger partial charge in [0.2, 0.25) is 0 Å². The number of benzene rings is 1. The predicted molar refractivity (Wildman–Crippen MR) is 74.2 cm³/mol. The van der Waals surface area contributed by atoms with Crippen molar-refractivity contribution in [2.75, 3.05) is 38.5 Å². The quantitative estimate of drug-likeness (QED) is 0.783. The number of anilines is 1. The van der Waals surface area contributed by atoms with Gasteiger partial charge in [0.05, 0.1) is 10.7 Å². The fourth-order valence-corrected chi connectivity index (χ4v) is 2.07. The number of para-hydroxylation sites is 1. The molecule has 0 atom stereocenters. The molecule has 1 saturated heterocycles. The van der Waals surface area contributed by atoms with E-state index in [1.165, 1.54) is 0 Å². The van der Waals surface area contributed by atoms with Crippen molar-refractivity contribution in [3.05, 3.63) is 29.3 Å². The Hall–Kier alpha value is -1.59. The minimum Gasteiger partial charge on any atom is -0.332 e. The van der Waals surface area contributed by atoms with E-state index in [-0.39, 0.29) is 0 Å². The first-order valence-electron chi connectivity index (χ1n) is 6.11. The zero-order chi connectivity index (χ0) is 13.8. The van der Waals surface area contributed by atoms with Crippen LogP contribution in [0, 0.1) is 0 Å². The van der Waals surface area contributed by atoms with Gasteiger partial charge in [0.1, 0.15) is 0 Å². The predicted octanol–water partition coefficient (Wildman–Crippen LogP) is 1.05. The van der Waals surface area contributed by atoms with Gasteiger partial charge in [-0.15, -0.1) is 0 Å². The van der Waals surface area contributed by atoms with Crippen LogP contribution >= 0.6 is 11.6 Å². The van der Waals surface area contributed by atoms with Crippen molar-refractivity contribution in [2.45, 2.75) is 0 Å². The molecule has 1 aliphatic heterocycles.